The fourth-order valence-corrected chi connectivity index (χ4v) is 5.39. The zero-order chi connectivity index (χ0) is 24.8. The first-order valence-corrected chi connectivity index (χ1v) is 12.6. The Morgan fingerprint density at radius 3 is 2.86 bits per heavy atom. The maximum Gasteiger partial charge on any atom is 0.308 e. The highest BCUT2D eigenvalue weighted by molar-refractivity contribution is 5.83. The number of hydrogen-bond donors (Lipinski definition) is 2. The molecule has 1 saturated heterocycles. The minimum absolute atomic E-state index is 0.0735. The summed E-state index contributed by atoms with van der Waals surface area (Å²) in [7, 11) is 3.69. The Morgan fingerprint density at radius 1 is 1.26 bits per heavy atom. The molecule has 0 radical (unpaired) electrons. The van der Waals surface area contributed by atoms with Gasteiger partial charge in [0.2, 0.25) is 0 Å². The lowest BCUT2D eigenvalue weighted by Gasteiger charge is -2.37. The van der Waals surface area contributed by atoms with Crippen molar-refractivity contribution in [2.75, 3.05) is 26.7 Å². The molecule has 0 saturated carbocycles. The number of hydrogen-bond acceptors (Lipinski definition) is 5. The summed E-state index contributed by atoms with van der Waals surface area (Å²) >= 11 is 0. The lowest BCUT2D eigenvalue weighted by atomic mass is 9.81. The van der Waals surface area contributed by atoms with Crippen molar-refractivity contribution in [3.63, 3.8) is 0 Å². The molecule has 1 fully saturated rings. The summed E-state index contributed by atoms with van der Waals surface area (Å²) in [6.45, 7) is 2.45. The lowest BCUT2D eigenvalue weighted by molar-refractivity contribution is -0.146. The smallest absolute Gasteiger partial charge is 0.308 e. The van der Waals surface area contributed by atoms with Crippen LogP contribution in [0.2, 0.25) is 0 Å². The SMILES string of the molecule is COc1ccc2nccc([C@H](O)CC[C@@H]3CCN(CCCCc4cccn4C)C[C@@H]3C(=O)O)c2c1. The van der Waals surface area contributed by atoms with Gasteiger partial charge < -0.3 is 24.4 Å². The van der Waals surface area contributed by atoms with Gasteiger partial charge in [0.25, 0.3) is 0 Å². The van der Waals surface area contributed by atoms with Gasteiger partial charge in [-0.15, -0.1) is 0 Å². The number of carboxylic acid groups (broad SMARTS) is 1. The number of piperidine rings is 1. The average Bonchev–Trinajstić information content (AvgIpc) is 3.29. The normalized spacial score (nSPS) is 19.6. The molecule has 3 aromatic rings. The van der Waals surface area contributed by atoms with Crippen LogP contribution in [-0.4, -0.2) is 57.4 Å². The second-order valence-corrected chi connectivity index (χ2v) is 9.74. The zero-order valence-corrected chi connectivity index (χ0v) is 20.8. The number of ether oxygens (including phenoxy) is 1. The number of methoxy groups -OCH3 is 1. The quantitative estimate of drug-likeness (QED) is 0.395. The van der Waals surface area contributed by atoms with Crippen molar-refractivity contribution in [2.24, 2.45) is 18.9 Å². The number of benzene rings is 1. The predicted octanol–water partition coefficient (Wildman–Crippen LogP) is 4.44. The van der Waals surface area contributed by atoms with Crippen LogP contribution in [0.25, 0.3) is 10.9 Å². The van der Waals surface area contributed by atoms with E-state index >= 15 is 0 Å². The number of pyridine rings is 1. The van der Waals surface area contributed by atoms with Crippen molar-refractivity contribution in [3.8, 4) is 5.75 Å². The Hall–Kier alpha value is -2.90. The number of carboxylic acids is 1. The third-order valence-corrected chi connectivity index (χ3v) is 7.52. The topological polar surface area (TPSA) is 87.8 Å². The molecule has 1 aliphatic rings. The molecular formula is C28H37N3O4. The first-order valence-electron chi connectivity index (χ1n) is 12.6. The monoisotopic (exact) mass is 479 g/mol. The van der Waals surface area contributed by atoms with Crippen molar-refractivity contribution in [3.05, 3.63) is 60.0 Å². The van der Waals surface area contributed by atoms with E-state index in [2.05, 4.69) is 39.8 Å². The van der Waals surface area contributed by atoms with E-state index in [-0.39, 0.29) is 5.92 Å². The molecule has 7 heteroatoms. The summed E-state index contributed by atoms with van der Waals surface area (Å²) in [6, 6.07) is 11.7. The van der Waals surface area contributed by atoms with Crippen LogP contribution in [0.3, 0.4) is 0 Å². The molecule has 2 aromatic heterocycles. The standard InChI is InChI=1S/C28H37N3O4/c1-30-15-5-7-21(30)6-3-4-16-31-17-13-20(25(19-31)28(33)34)8-11-27(32)23-12-14-29-26-10-9-22(35-2)18-24(23)26/h5,7,9-10,12,14-15,18,20,25,27,32H,3-4,6,8,11,13,16-17,19H2,1-2H3,(H,33,34)/t20-,25+,27-/m1/s1. The van der Waals surface area contributed by atoms with Gasteiger partial charge in [-0.05, 0) is 99.5 Å². The maximum atomic E-state index is 12.1. The van der Waals surface area contributed by atoms with Gasteiger partial charge in [0.1, 0.15) is 5.75 Å². The highest BCUT2D eigenvalue weighted by Crippen LogP contribution is 2.33. The number of aromatic nitrogens is 2. The van der Waals surface area contributed by atoms with Crippen LogP contribution < -0.4 is 4.74 Å². The fraction of sp³-hybridized carbons (Fsp3) is 0.500. The fourth-order valence-electron chi connectivity index (χ4n) is 5.39. The zero-order valence-electron chi connectivity index (χ0n) is 20.8. The largest absolute Gasteiger partial charge is 0.497 e. The van der Waals surface area contributed by atoms with Crippen LogP contribution in [-0.2, 0) is 18.3 Å². The number of rotatable bonds is 11. The van der Waals surface area contributed by atoms with Crippen LogP contribution in [0.1, 0.15) is 49.5 Å². The van der Waals surface area contributed by atoms with E-state index in [1.165, 1.54) is 5.69 Å². The number of aryl methyl sites for hydroxylation is 2. The molecule has 4 rings (SSSR count). The summed E-state index contributed by atoms with van der Waals surface area (Å²) in [4.78, 5) is 18.8. The molecule has 0 unspecified atom stereocenters. The molecule has 7 nitrogen and oxygen atoms in total. The van der Waals surface area contributed by atoms with E-state index < -0.39 is 18.0 Å². The molecule has 1 aliphatic heterocycles. The van der Waals surface area contributed by atoms with Gasteiger partial charge in [0.15, 0.2) is 0 Å². The van der Waals surface area contributed by atoms with E-state index in [4.69, 9.17) is 4.74 Å². The minimum Gasteiger partial charge on any atom is -0.497 e. The van der Waals surface area contributed by atoms with Gasteiger partial charge in [-0.25, -0.2) is 0 Å². The van der Waals surface area contributed by atoms with E-state index in [9.17, 15) is 15.0 Å². The molecule has 0 spiro atoms. The first kappa shape index (κ1) is 25.2. The van der Waals surface area contributed by atoms with Crippen molar-refractivity contribution in [1.29, 1.82) is 0 Å². The van der Waals surface area contributed by atoms with Crippen LogP contribution in [0.15, 0.2) is 48.8 Å². The predicted molar refractivity (Wildman–Crippen MR) is 137 cm³/mol. The van der Waals surface area contributed by atoms with Crippen LogP contribution in [0.5, 0.6) is 5.75 Å². The Bertz CT molecular complexity index is 1130. The number of unbranched alkanes of at least 4 members (excludes halogenated alkanes) is 1. The van der Waals surface area contributed by atoms with Gasteiger partial charge in [0, 0.05) is 37.1 Å². The third-order valence-electron chi connectivity index (χ3n) is 7.52. The van der Waals surface area contributed by atoms with E-state index in [0.717, 1.165) is 61.0 Å². The molecule has 2 N–H and O–H groups in total. The minimum atomic E-state index is -0.725. The number of aliphatic carboxylic acids is 1. The van der Waals surface area contributed by atoms with E-state index in [0.29, 0.717) is 19.4 Å². The Labute approximate surface area is 207 Å². The van der Waals surface area contributed by atoms with Crippen molar-refractivity contribution in [2.45, 2.75) is 44.6 Å². The summed E-state index contributed by atoms with van der Waals surface area (Å²) in [6.07, 6.45) is 8.41. The number of likely N-dealkylation sites (tertiary alicyclic amines) is 1. The molecular weight excluding hydrogens is 442 g/mol. The number of aliphatic hydroxyl groups is 1. The average molecular weight is 480 g/mol. The molecule has 0 amide bonds. The Kier molecular flexibility index (Phi) is 8.42. The second-order valence-electron chi connectivity index (χ2n) is 9.74. The summed E-state index contributed by atoms with van der Waals surface area (Å²) in [5.41, 5.74) is 2.97. The number of carbonyl (C=O) groups is 1. The van der Waals surface area contributed by atoms with Crippen molar-refractivity contribution >= 4 is 16.9 Å². The number of fused-ring (bicyclic) bond motifs is 1. The maximum absolute atomic E-state index is 12.1. The van der Waals surface area contributed by atoms with Crippen LogP contribution in [0, 0.1) is 11.8 Å². The molecule has 3 atom stereocenters. The molecule has 0 aliphatic carbocycles. The van der Waals surface area contributed by atoms with Gasteiger partial charge in [-0.3, -0.25) is 9.78 Å². The lowest BCUT2D eigenvalue weighted by Crippen LogP contribution is -2.44. The molecule has 35 heavy (non-hydrogen) atoms. The number of aliphatic hydroxyl groups excluding tert-OH is 1. The third kappa shape index (κ3) is 6.21. The summed E-state index contributed by atoms with van der Waals surface area (Å²) in [5, 5.41) is 21.8. The van der Waals surface area contributed by atoms with Crippen LogP contribution >= 0.6 is 0 Å². The number of nitrogens with zero attached hydrogens (tertiary/aromatic N) is 3. The Morgan fingerprint density at radius 2 is 2.11 bits per heavy atom. The molecule has 1 aromatic carbocycles. The first-order chi connectivity index (χ1) is 17.0. The van der Waals surface area contributed by atoms with Crippen molar-refractivity contribution in [1.82, 2.24) is 14.5 Å². The van der Waals surface area contributed by atoms with E-state index in [1.54, 1.807) is 13.3 Å². The van der Waals surface area contributed by atoms with Crippen LogP contribution in [0.4, 0.5) is 0 Å². The molecule has 188 valence electrons. The van der Waals surface area contributed by atoms with Gasteiger partial charge in [0.05, 0.1) is 24.6 Å². The molecule has 0 bridgehead atoms. The highest BCUT2D eigenvalue weighted by Gasteiger charge is 2.34. The molecule has 3 heterocycles. The van der Waals surface area contributed by atoms with Gasteiger partial charge in [-0.1, -0.05) is 0 Å². The highest BCUT2D eigenvalue weighted by atomic mass is 16.5. The summed E-state index contributed by atoms with van der Waals surface area (Å²) in [5.74, 6) is -0.319. The van der Waals surface area contributed by atoms with Gasteiger partial charge >= 0.3 is 5.97 Å². The summed E-state index contributed by atoms with van der Waals surface area (Å²) < 4.78 is 7.50. The van der Waals surface area contributed by atoms with E-state index in [1.807, 2.05) is 24.3 Å². The Balaban J connectivity index is 1.30. The second kappa shape index (κ2) is 11.7. The van der Waals surface area contributed by atoms with Gasteiger partial charge in [-0.2, -0.15) is 0 Å². The van der Waals surface area contributed by atoms with Crippen molar-refractivity contribution < 1.29 is 19.7 Å².